The summed E-state index contributed by atoms with van der Waals surface area (Å²) in [5, 5.41) is 0.994. The van der Waals surface area contributed by atoms with Crippen molar-refractivity contribution in [2.24, 2.45) is 0 Å². The SMILES string of the molecule is CC(=O)N1CCc2ccccc2C1CC(=O)N1CC=C(c2c[nH]c3cc(F)ccc23)CC1. The average Bonchev–Trinajstić information content (AvgIpc) is 3.22. The van der Waals surface area contributed by atoms with Crippen LogP contribution in [0.2, 0.25) is 0 Å². The minimum absolute atomic E-state index is 0.00824. The van der Waals surface area contributed by atoms with E-state index < -0.39 is 0 Å². The lowest BCUT2D eigenvalue weighted by Gasteiger charge is -2.38. The van der Waals surface area contributed by atoms with Crippen molar-refractivity contribution in [3.8, 4) is 0 Å². The molecule has 0 radical (unpaired) electrons. The Balaban J connectivity index is 1.33. The first-order valence-corrected chi connectivity index (χ1v) is 11.1. The second-order valence-corrected chi connectivity index (χ2v) is 8.59. The van der Waals surface area contributed by atoms with E-state index >= 15 is 0 Å². The second kappa shape index (κ2) is 8.26. The van der Waals surface area contributed by atoms with E-state index in [-0.39, 0.29) is 23.7 Å². The number of hydrogen-bond acceptors (Lipinski definition) is 2. The molecule has 2 aromatic carbocycles. The lowest BCUT2D eigenvalue weighted by molar-refractivity contribution is -0.136. The zero-order valence-corrected chi connectivity index (χ0v) is 18.1. The number of benzene rings is 2. The number of fused-ring (bicyclic) bond motifs is 2. The van der Waals surface area contributed by atoms with Crippen LogP contribution in [0.25, 0.3) is 16.5 Å². The van der Waals surface area contributed by atoms with E-state index in [0.29, 0.717) is 26.1 Å². The summed E-state index contributed by atoms with van der Waals surface area (Å²) in [7, 11) is 0. The van der Waals surface area contributed by atoms with Crippen molar-refractivity contribution in [1.29, 1.82) is 0 Å². The maximum atomic E-state index is 13.5. The Labute approximate surface area is 186 Å². The van der Waals surface area contributed by atoms with Gasteiger partial charge < -0.3 is 14.8 Å². The molecule has 2 aliphatic heterocycles. The summed E-state index contributed by atoms with van der Waals surface area (Å²) in [4.78, 5) is 32.3. The van der Waals surface area contributed by atoms with Crippen molar-refractivity contribution < 1.29 is 14.0 Å². The van der Waals surface area contributed by atoms with Crippen molar-refractivity contribution in [2.75, 3.05) is 19.6 Å². The molecule has 0 saturated carbocycles. The number of aromatic nitrogens is 1. The van der Waals surface area contributed by atoms with E-state index in [9.17, 15) is 14.0 Å². The van der Waals surface area contributed by atoms with Gasteiger partial charge in [-0.25, -0.2) is 4.39 Å². The molecule has 1 N–H and O–H groups in total. The molecule has 0 fully saturated rings. The fraction of sp³-hybridized carbons (Fsp3) is 0.308. The van der Waals surface area contributed by atoms with E-state index in [4.69, 9.17) is 0 Å². The first kappa shape index (κ1) is 20.5. The van der Waals surface area contributed by atoms with Crippen LogP contribution in [0.4, 0.5) is 4.39 Å². The monoisotopic (exact) mass is 431 g/mol. The Hall–Kier alpha value is -3.41. The van der Waals surface area contributed by atoms with E-state index in [1.165, 1.54) is 23.3 Å². The van der Waals surface area contributed by atoms with Gasteiger partial charge in [0.15, 0.2) is 0 Å². The molecule has 1 aromatic heterocycles. The highest BCUT2D eigenvalue weighted by Crippen LogP contribution is 2.34. The predicted octanol–water partition coefficient (Wildman–Crippen LogP) is 4.46. The second-order valence-electron chi connectivity index (χ2n) is 8.59. The van der Waals surface area contributed by atoms with Gasteiger partial charge in [-0.2, -0.15) is 0 Å². The summed E-state index contributed by atoms with van der Waals surface area (Å²) < 4.78 is 13.5. The molecular formula is C26H26FN3O2. The summed E-state index contributed by atoms with van der Waals surface area (Å²) in [6.07, 6.45) is 5.87. The molecule has 2 aliphatic rings. The van der Waals surface area contributed by atoms with Crippen LogP contribution in [0.5, 0.6) is 0 Å². The number of carbonyl (C=O) groups is 2. The first-order valence-electron chi connectivity index (χ1n) is 11.1. The van der Waals surface area contributed by atoms with Crippen LogP contribution in [-0.4, -0.2) is 46.2 Å². The van der Waals surface area contributed by atoms with Crippen molar-refractivity contribution in [3.05, 3.63) is 77.2 Å². The minimum Gasteiger partial charge on any atom is -0.360 e. The van der Waals surface area contributed by atoms with Gasteiger partial charge in [-0.15, -0.1) is 0 Å². The van der Waals surface area contributed by atoms with Gasteiger partial charge >= 0.3 is 0 Å². The molecular weight excluding hydrogens is 405 g/mol. The average molecular weight is 432 g/mol. The fourth-order valence-electron chi connectivity index (χ4n) is 5.05. The third-order valence-corrected chi connectivity index (χ3v) is 6.74. The molecule has 1 atom stereocenters. The molecule has 164 valence electrons. The highest BCUT2D eigenvalue weighted by Gasteiger charge is 2.32. The molecule has 0 bridgehead atoms. The number of halogens is 1. The molecule has 0 aliphatic carbocycles. The number of hydrogen-bond donors (Lipinski definition) is 1. The van der Waals surface area contributed by atoms with E-state index in [0.717, 1.165) is 34.9 Å². The molecule has 5 rings (SSSR count). The number of H-pyrrole nitrogens is 1. The van der Waals surface area contributed by atoms with Crippen molar-refractivity contribution in [1.82, 2.24) is 14.8 Å². The van der Waals surface area contributed by atoms with Gasteiger partial charge in [-0.3, -0.25) is 9.59 Å². The standard InChI is InChI=1S/C26H26FN3O2/c1-17(31)30-13-10-18-4-2-3-5-21(18)25(30)15-26(32)29-11-8-19(9-12-29)23-16-28-24-14-20(27)6-7-22(23)24/h2-8,14,16,25,28H,9-13,15H2,1H3. The molecule has 2 amide bonds. The molecule has 0 spiro atoms. The van der Waals surface area contributed by atoms with Gasteiger partial charge in [0, 0.05) is 49.2 Å². The molecule has 5 nitrogen and oxygen atoms in total. The van der Waals surface area contributed by atoms with Crippen LogP contribution in [0, 0.1) is 5.82 Å². The van der Waals surface area contributed by atoms with Gasteiger partial charge in [-0.1, -0.05) is 30.3 Å². The summed E-state index contributed by atoms with van der Waals surface area (Å²) in [5.41, 5.74) is 5.32. The van der Waals surface area contributed by atoms with Gasteiger partial charge in [0.05, 0.1) is 12.5 Å². The maximum Gasteiger partial charge on any atom is 0.225 e. The smallest absolute Gasteiger partial charge is 0.225 e. The number of aromatic amines is 1. The topological polar surface area (TPSA) is 56.4 Å². The number of amides is 2. The largest absolute Gasteiger partial charge is 0.360 e. The van der Waals surface area contributed by atoms with E-state index in [2.05, 4.69) is 17.1 Å². The van der Waals surface area contributed by atoms with Crippen LogP contribution in [0.15, 0.2) is 54.7 Å². The zero-order valence-electron chi connectivity index (χ0n) is 18.1. The summed E-state index contributed by atoms with van der Waals surface area (Å²) in [5.74, 6) is -0.188. The molecule has 32 heavy (non-hydrogen) atoms. The summed E-state index contributed by atoms with van der Waals surface area (Å²) in [6.45, 7) is 3.40. The van der Waals surface area contributed by atoms with Gasteiger partial charge in [0.2, 0.25) is 11.8 Å². The maximum absolute atomic E-state index is 13.5. The third-order valence-electron chi connectivity index (χ3n) is 6.74. The van der Waals surface area contributed by atoms with E-state index in [1.807, 2.05) is 34.2 Å². The molecule has 3 aromatic rings. The fourth-order valence-corrected chi connectivity index (χ4v) is 5.05. The summed E-state index contributed by atoms with van der Waals surface area (Å²) >= 11 is 0. The lowest BCUT2D eigenvalue weighted by Crippen LogP contribution is -2.42. The zero-order chi connectivity index (χ0) is 22.2. The van der Waals surface area contributed by atoms with Crippen LogP contribution in [0.1, 0.15) is 42.5 Å². The first-order chi connectivity index (χ1) is 15.5. The number of rotatable bonds is 3. The highest BCUT2D eigenvalue weighted by molar-refractivity contribution is 5.93. The number of nitrogens with zero attached hydrogens (tertiary/aromatic N) is 2. The molecule has 6 heteroatoms. The summed E-state index contributed by atoms with van der Waals surface area (Å²) in [6, 6.07) is 12.7. The Bertz CT molecular complexity index is 1230. The number of nitrogens with one attached hydrogen (secondary N) is 1. The van der Waals surface area contributed by atoms with Gasteiger partial charge in [-0.05, 0) is 47.7 Å². The van der Waals surface area contributed by atoms with E-state index in [1.54, 1.807) is 13.0 Å². The Morgan fingerprint density at radius 3 is 2.75 bits per heavy atom. The van der Waals surface area contributed by atoms with Crippen LogP contribution in [0.3, 0.4) is 0 Å². The van der Waals surface area contributed by atoms with Gasteiger partial charge in [0.1, 0.15) is 5.82 Å². The Morgan fingerprint density at radius 2 is 1.97 bits per heavy atom. The highest BCUT2D eigenvalue weighted by atomic mass is 19.1. The van der Waals surface area contributed by atoms with Crippen LogP contribution >= 0.6 is 0 Å². The lowest BCUT2D eigenvalue weighted by atomic mass is 9.90. The molecule has 0 saturated heterocycles. The molecule has 1 unspecified atom stereocenters. The van der Waals surface area contributed by atoms with Crippen LogP contribution < -0.4 is 0 Å². The Morgan fingerprint density at radius 1 is 1.12 bits per heavy atom. The van der Waals surface area contributed by atoms with Crippen molar-refractivity contribution in [3.63, 3.8) is 0 Å². The van der Waals surface area contributed by atoms with Crippen LogP contribution in [-0.2, 0) is 16.0 Å². The van der Waals surface area contributed by atoms with Crippen molar-refractivity contribution >= 4 is 28.3 Å². The van der Waals surface area contributed by atoms with Crippen molar-refractivity contribution in [2.45, 2.75) is 32.2 Å². The quantitative estimate of drug-likeness (QED) is 0.666. The predicted molar refractivity (Wildman–Crippen MR) is 122 cm³/mol. The minimum atomic E-state index is -0.260. The normalized spacial score (nSPS) is 18.4. The Kier molecular flexibility index (Phi) is 5.29. The number of carbonyl (C=O) groups excluding carboxylic acids is 2. The van der Waals surface area contributed by atoms with Gasteiger partial charge in [0.25, 0.3) is 0 Å². The molecule has 3 heterocycles. The third kappa shape index (κ3) is 3.70.